The molecule has 0 saturated carbocycles. The molecule has 0 atom stereocenters. The summed E-state index contributed by atoms with van der Waals surface area (Å²) in [5, 5.41) is 2.94. The lowest BCUT2D eigenvalue weighted by atomic mass is 10.2. The highest BCUT2D eigenvalue weighted by molar-refractivity contribution is 5.89. The van der Waals surface area contributed by atoms with Gasteiger partial charge in [0.2, 0.25) is 0 Å². The fraction of sp³-hybridized carbons (Fsp3) is 0.316. The highest BCUT2D eigenvalue weighted by Gasteiger charge is 2.22. The van der Waals surface area contributed by atoms with Gasteiger partial charge in [-0.3, -0.25) is 0 Å². The second-order valence-corrected chi connectivity index (χ2v) is 5.67. The first kappa shape index (κ1) is 16.2. The molecule has 1 aliphatic heterocycles. The van der Waals surface area contributed by atoms with Crippen LogP contribution in [0, 0.1) is 0 Å². The number of nitrogens with zero attached hydrogens (tertiary/aromatic N) is 2. The van der Waals surface area contributed by atoms with Crippen molar-refractivity contribution in [3.05, 3.63) is 54.6 Å². The lowest BCUT2D eigenvalue weighted by Crippen LogP contribution is -2.50. The largest absolute Gasteiger partial charge is 0.492 e. The van der Waals surface area contributed by atoms with Crippen LogP contribution in [0.2, 0.25) is 0 Å². The molecule has 2 aromatic rings. The molecule has 3 rings (SSSR count). The summed E-state index contributed by atoms with van der Waals surface area (Å²) >= 11 is 0. The van der Waals surface area contributed by atoms with Crippen molar-refractivity contribution in [1.82, 2.24) is 4.90 Å². The van der Waals surface area contributed by atoms with Crippen LogP contribution in [0.15, 0.2) is 54.6 Å². The van der Waals surface area contributed by atoms with Crippen molar-refractivity contribution in [2.45, 2.75) is 6.92 Å². The number of hydrogen-bond donors (Lipinski definition) is 1. The van der Waals surface area contributed by atoms with Gasteiger partial charge in [-0.25, -0.2) is 4.79 Å². The topological polar surface area (TPSA) is 44.8 Å². The monoisotopic (exact) mass is 325 g/mol. The molecule has 1 aliphatic rings. The first-order valence-electron chi connectivity index (χ1n) is 8.35. The summed E-state index contributed by atoms with van der Waals surface area (Å²) in [5.74, 6) is 0.905. The molecule has 0 spiro atoms. The zero-order valence-electron chi connectivity index (χ0n) is 13.9. The fourth-order valence-electron chi connectivity index (χ4n) is 2.87. The maximum Gasteiger partial charge on any atom is 0.321 e. The molecular formula is C19H23N3O2. The third-order valence-electron chi connectivity index (χ3n) is 4.10. The van der Waals surface area contributed by atoms with Gasteiger partial charge in [0.05, 0.1) is 12.3 Å². The van der Waals surface area contributed by atoms with Crippen molar-refractivity contribution in [2.24, 2.45) is 0 Å². The first-order valence-corrected chi connectivity index (χ1v) is 8.35. The highest BCUT2D eigenvalue weighted by Crippen LogP contribution is 2.28. The Balaban J connectivity index is 1.59. The summed E-state index contributed by atoms with van der Waals surface area (Å²) < 4.78 is 5.71. The van der Waals surface area contributed by atoms with E-state index in [1.165, 1.54) is 0 Å². The number of anilines is 2. The van der Waals surface area contributed by atoms with Crippen LogP contribution in [0.4, 0.5) is 16.2 Å². The Hall–Kier alpha value is -2.69. The van der Waals surface area contributed by atoms with E-state index in [0.717, 1.165) is 30.2 Å². The average molecular weight is 325 g/mol. The van der Waals surface area contributed by atoms with Crippen molar-refractivity contribution in [1.29, 1.82) is 0 Å². The second-order valence-electron chi connectivity index (χ2n) is 5.67. The van der Waals surface area contributed by atoms with Gasteiger partial charge in [0, 0.05) is 31.9 Å². The molecule has 0 radical (unpaired) electrons. The van der Waals surface area contributed by atoms with Gasteiger partial charge in [0.1, 0.15) is 5.75 Å². The lowest BCUT2D eigenvalue weighted by molar-refractivity contribution is 0.208. The van der Waals surface area contributed by atoms with Crippen molar-refractivity contribution >= 4 is 17.4 Å². The molecular weight excluding hydrogens is 302 g/mol. The number of carbonyl (C=O) groups excluding carboxylic acids is 1. The SMILES string of the molecule is CCOc1ccccc1N1CCN(C(=O)Nc2ccccc2)CC1. The molecule has 5 heteroatoms. The van der Waals surface area contributed by atoms with E-state index < -0.39 is 0 Å². The van der Waals surface area contributed by atoms with Gasteiger partial charge in [0.25, 0.3) is 0 Å². The van der Waals surface area contributed by atoms with Crippen molar-refractivity contribution in [2.75, 3.05) is 43.0 Å². The van der Waals surface area contributed by atoms with E-state index in [2.05, 4.69) is 16.3 Å². The number of hydrogen-bond acceptors (Lipinski definition) is 3. The van der Waals surface area contributed by atoms with E-state index >= 15 is 0 Å². The molecule has 2 amide bonds. The number of rotatable bonds is 4. The van der Waals surface area contributed by atoms with Crippen LogP contribution >= 0.6 is 0 Å². The number of carbonyl (C=O) groups is 1. The minimum Gasteiger partial charge on any atom is -0.492 e. The molecule has 0 aromatic heterocycles. The Kier molecular flexibility index (Phi) is 5.21. The van der Waals surface area contributed by atoms with Gasteiger partial charge < -0.3 is 19.9 Å². The van der Waals surface area contributed by atoms with Crippen LogP contribution in [-0.4, -0.2) is 43.7 Å². The number of benzene rings is 2. The Labute approximate surface area is 142 Å². The molecule has 0 unspecified atom stereocenters. The summed E-state index contributed by atoms with van der Waals surface area (Å²) in [4.78, 5) is 16.5. The summed E-state index contributed by atoms with van der Waals surface area (Å²) in [6.45, 7) is 5.62. The smallest absolute Gasteiger partial charge is 0.321 e. The minimum absolute atomic E-state index is 0.0426. The van der Waals surface area contributed by atoms with E-state index in [-0.39, 0.29) is 6.03 Å². The molecule has 1 saturated heterocycles. The molecule has 24 heavy (non-hydrogen) atoms. The average Bonchev–Trinajstić information content (AvgIpc) is 2.63. The molecule has 1 N–H and O–H groups in total. The lowest BCUT2D eigenvalue weighted by Gasteiger charge is -2.36. The van der Waals surface area contributed by atoms with Gasteiger partial charge >= 0.3 is 6.03 Å². The third kappa shape index (κ3) is 3.79. The van der Waals surface area contributed by atoms with Crippen LogP contribution in [0.25, 0.3) is 0 Å². The van der Waals surface area contributed by atoms with Gasteiger partial charge in [-0.05, 0) is 31.2 Å². The van der Waals surface area contributed by atoms with Crippen LogP contribution in [-0.2, 0) is 0 Å². The van der Waals surface area contributed by atoms with Gasteiger partial charge in [0.15, 0.2) is 0 Å². The predicted molar refractivity (Wildman–Crippen MR) is 96.9 cm³/mol. The molecule has 5 nitrogen and oxygen atoms in total. The van der Waals surface area contributed by atoms with Crippen molar-refractivity contribution in [3.63, 3.8) is 0 Å². The summed E-state index contributed by atoms with van der Waals surface area (Å²) in [6.07, 6.45) is 0. The highest BCUT2D eigenvalue weighted by atomic mass is 16.5. The van der Waals surface area contributed by atoms with Crippen LogP contribution in [0.1, 0.15) is 6.92 Å². The number of para-hydroxylation sites is 3. The Morgan fingerprint density at radius 3 is 2.38 bits per heavy atom. The quantitative estimate of drug-likeness (QED) is 0.936. The summed E-state index contributed by atoms with van der Waals surface area (Å²) in [5.41, 5.74) is 1.93. The number of piperazine rings is 1. The zero-order valence-corrected chi connectivity index (χ0v) is 13.9. The standard InChI is InChI=1S/C19H23N3O2/c1-2-24-18-11-7-6-10-17(18)21-12-14-22(15-13-21)19(23)20-16-8-4-3-5-9-16/h3-11H,2,12-15H2,1H3,(H,20,23). The van der Waals surface area contributed by atoms with E-state index in [9.17, 15) is 4.79 Å². The normalized spacial score (nSPS) is 14.4. The van der Waals surface area contributed by atoms with Crippen molar-refractivity contribution in [3.8, 4) is 5.75 Å². The van der Waals surface area contributed by atoms with Gasteiger partial charge in [-0.15, -0.1) is 0 Å². The molecule has 0 aliphatic carbocycles. The van der Waals surface area contributed by atoms with Crippen molar-refractivity contribution < 1.29 is 9.53 Å². The molecule has 1 heterocycles. The Morgan fingerprint density at radius 1 is 1.00 bits per heavy atom. The van der Waals surface area contributed by atoms with Crippen LogP contribution in [0.5, 0.6) is 5.75 Å². The molecule has 2 aromatic carbocycles. The summed E-state index contributed by atoms with van der Waals surface area (Å²) in [6, 6.07) is 17.6. The number of urea groups is 1. The minimum atomic E-state index is -0.0426. The number of nitrogens with one attached hydrogen (secondary N) is 1. The van der Waals surface area contributed by atoms with E-state index in [0.29, 0.717) is 19.7 Å². The summed E-state index contributed by atoms with van der Waals surface area (Å²) in [7, 11) is 0. The maximum atomic E-state index is 12.4. The Bertz CT molecular complexity index is 667. The number of ether oxygens (including phenoxy) is 1. The van der Waals surface area contributed by atoms with Gasteiger partial charge in [-0.2, -0.15) is 0 Å². The maximum absolute atomic E-state index is 12.4. The molecule has 0 bridgehead atoms. The Morgan fingerprint density at radius 2 is 1.67 bits per heavy atom. The fourth-order valence-corrected chi connectivity index (χ4v) is 2.87. The second kappa shape index (κ2) is 7.73. The zero-order chi connectivity index (χ0) is 16.8. The first-order chi connectivity index (χ1) is 11.8. The molecule has 1 fully saturated rings. The predicted octanol–water partition coefficient (Wildman–Crippen LogP) is 3.44. The van der Waals surface area contributed by atoms with E-state index in [1.807, 2.05) is 60.4 Å². The van der Waals surface area contributed by atoms with Crippen LogP contribution < -0.4 is 15.0 Å². The van der Waals surface area contributed by atoms with Crippen LogP contribution in [0.3, 0.4) is 0 Å². The third-order valence-corrected chi connectivity index (χ3v) is 4.10. The number of amides is 2. The van der Waals surface area contributed by atoms with Gasteiger partial charge in [-0.1, -0.05) is 30.3 Å². The van der Waals surface area contributed by atoms with E-state index in [1.54, 1.807) is 0 Å². The molecule has 126 valence electrons. The van der Waals surface area contributed by atoms with E-state index in [4.69, 9.17) is 4.74 Å².